The number of nitrogens with zero attached hydrogens (tertiary/aromatic N) is 2. The SMILES string of the molecule is CC(Cn1ccnc1)NS(=O)(=O)c1ccc(CO)cc1F. The average Bonchev–Trinajstić information content (AvgIpc) is 2.90. The van der Waals surface area contributed by atoms with E-state index in [9.17, 15) is 12.8 Å². The molecule has 1 unspecified atom stereocenters. The van der Waals surface area contributed by atoms with Crippen LogP contribution in [0.15, 0.2) is 41.8 Å². The van der Waals surface area contributed by atoms with Gasteiger partial charge in [0.1, 0.15) is 10.7 Å². The number of nitrogens with one attached hydrogen (secondary N) is 1. The predicted octanol–water partition coefficient (Wildman–Crippen LogP) is 0.881. The molecule has 1 heterocycles. The van der Waals surface area contributed by atoms with Crippen molar-refractivity contribution in [3.63, 3.8) is 0 Å². The van der Waals surface area contributed by atoms with Gasteiger partial charge in [-0.25, -0.2) is 22.5 Å². The number of aliphatic hydroxyl groups is 1. The maximum Gasteiger partial charge on any atom is 0.243 e. The number of hydrogen-bond donors (Lipinski definition) is 2. The van der Waals surface area contributed by atoms with Crippen LogP contribution in [-0.4, -0.2) is 29.1 Å². The highest BCUT2D eigenvalue weighted by Gasteiger charge is 2.21. The summed E-state index contributed by atoms with van der Waals surface area (Å²) in [6, 6.07) is 3.10. The second-order valence-electron chi connectivity index (χ2n) is 4.70. The van der Waals surface area contributed by atoms with Crippen molar-refractivity contribution in [3.8, 4) is 0 Å². The quantitative estimate of drug-likeness (QED) is 0.829. The van der Waals surface area contributed by atoms with Gasteiger partial charge in [0.05, 0.1) is 12.9 Å². The molecule has 0 saturated heterocycles. The minimum atomic E-state index is -3.96. The molecule has 1 aromatic carbocycles. The molecular weight excluding hydrogens is 297 g/mol. The summed E-state index contributed by atoms with van der Waals surface area (Å²) < 4.78 is 42.3. The first-order valence-electron chi connectivity index (χ1n) is 6.30. The van der Waals surface area contributed by atoms with E-state index in [0.29, 0.717) is 12.1 Å². The second kappa shape index (κ2) is 6.33. The average molecular weight is 313 g/mol. The lowest BCUT2D eigenvalue weighted by atomic mass is 10.2. The van der Waals surface area contributed by atoms with E-state index in [1.165, 1.54) is 6.07 Å². The number of rotatable bonds is 6. The van der Waals surface area contributed by atoms with E-state index in [2.05, 4.69) is 9.71 Å². The van der Waals surface area contributed by atoms with Crippen molar-refractivity contribution in [3.05, 3.63) is 48.3 Å². The van der Waals surface area contributed by atoms with Crippen molar-refractivity contribution in [1.29, 1.82) is 0 Å². The highest BCUT2D eigenvalue weighted by molar-refractivity contribution is 7.89. The molecule has 2 rings (SSSR count). The minimum Gasteiger partial charge on any atom is -0.392 e. The van der Waals surface area contributed by atoms with Crippen LogP contribution in [-0.2, 0) is 23.2 Å². The number of halogens is 1. The van der Waals surface area contributed by atoms with Gasteiger partial charge in [-0.15, -0.1) is 0 Å². The van der Waals surface area contributed by atoms with Gasteiger partial charge in [-0.3, -0.25) is 0 Å². The van der Waals surface area contributed by atoms with Crippen LogP contribution in [0.3, 0.4) is 0 Å². The smallest absolute Gasteiger partial charge is 0.243 e. The molecule has 114 valence electrons. The summed E-state index contributed by atoms with van der Waals surface area (Å²) in [6.07, 6.45) is 4.87. The molecule has 2 N–H and O–H groups in total. The summed E-state index contributed by atoms with van der Waals surface area (Å²) in [6.45, 7) is 1.72. The van der Waals surface area contributed by atoms with E-state index in [4.69, 9.17) is 5.11 Å². The topological polar surface area (TPSA) is 84.2 Å². The van der Waals surface area contributed by atoms with Crippen molar-refractivity contribution in [2.45, 2.75) is 31.0 Å². The van der Waals surface area contributed by atoms with Gasteiger partial charge in [0.15, 0.2) is 0 Å². The summed E-state index contributed by atoms with van der Waals surface area (Å²) in [5.41, 5.74) is 0.318. The fourth-order valence-corrected chi connectivity index (χ4v) is 3.23. The van der Waals surface area contributed by atoms with Crippen LogP contribution in [0.1, 0.15) is 12.5 Å². The van der Waals surface area contributed by atoms with Crippen molar-refractivity contribution < 1.29 is 17.9 Å². The van der Waals surface area contributed by atoms with Gasteiger partial charge in [0.2, 0.25) is 10.0 Å². The van der Waals surface area contributed by atoms with Crippen LogP contribution in [0.5, 0.6) is 0 Å². The lowest BCUT2D eigenvalue weighted by Crippen LogP contribution is -2.35. The molecule has 0 radical (unpaired) electrons. The molecule has 0 amide bonds. The Bertz CT molecular complexity index is 701. The largest absolute Gasteiger partial charge is 0.392 e. The molecular formula is C13H16FN3O3S. The van der Waals surface area contributed by atoms with Crippen molar-refractivity contribution in [2.75, 3.05) is 0 Å². The molecule has 1 atom stereocenters. The Morgan fingerprint density at radius 2 is 2.24 bits per heavy atom. The normalized spacial score (nSPS) is 13.3. The third-order valence-corrected chi connectivity index (χ3v) is 4.49. The molecule has 0 aliphatic rings. The summed E-state index contributed by atoms with van der Waals surface area (Å²) >= 11 is 0. The molecule has 0 aliphatic heterocycles. The maximum atomic E-state index is 13.8. The van der Waals surface area contributed by atoms with Gasteiger partial charge in [-0.1, -0.05) is 6.07 Å². The van der Waals surface area contributed by atoms with Crippen LogP contribution in [0.25, 0.3) is 0 Å². The van der Waals surface area contributed by atoms with Gasteiger partial charge < -0.3 is 9.67 Å². The molecule has 0 aliphatic carbocycles. The van der Waals surface area contributed by atoms with Crippen LogP contribution in [0.4, 0.5) is 4.39 Å². The van der Waals surface area contributed by atoms with Gasteiger partial charge in [0.25, 0.3) is 0 Å². The van der Waals surface area contributed by atoms with Crippen molar-refractivity contribution in [1.82, 2.24) is 14.3 Å². The molecule has 6 nitrogen and oxygen atoms in total. The molecule has 2 aromatic rings. The van der Waals surface area contributed by atoms with Crippen LogP contribution >= 0.6 is 0 Å². The van der Waals surface area contributed by atoms with Crippen molar-refractivity contribution in [2.24, 2.45) is 0 Å². The molecule has 0 saturated carbocycles. The maximum absolute atomic E-state index is 13.8. The Balaban J connectivity index is 2.14. The Hall–Kier alpha value is -1.77. The Morgan fingerprint density at radius 3 is 2.81 bits per heavy atom. The highest BCUT2D eigenvalue weighted by Crippen LogP contribution is 2.16. The van der Waals surface area contributed by atoms with E-state index >= 15 is 0 Å². The van der Waals surface area contributed by atoms with E-state index in [1.54, 1.807) is 30.2 Å². The summed E-state index contributed by atoms with van der Waals surface area (Å²) in [4.78, 5) is 3.43. The first kappa shape index (κ1) is 15.6. The molecule has 21 heavy (non-hydrogen) atoms. The molecule has 1 aromatic heterocycles. The second-order valence-corrected chi connectivity index (χ2v) is 6.39. The predicted molar refractivity (Wildman–Crippen MR) is 74.3 cm³/mol. The standard InChI is InChI=1S/C13H16FN3O3S/c1-10(7-17-5-4-15-9-17)16-21(19,20)13-3-2-11(8-18)6-12(13)14/h2-6,9-10,16,18H,7-8H2,1H3. The first-order chi connectivity index (χ1) is 9.92. The molecule has 0 spiro atoms. The van der Waals surface area contributed by atoms with Crippen LogP contribution in [0, 0.1) is 5.82 Å². The first-order valence-corrected chi connectivity index (χ1v) is 7.78. The zero-order valence-electron chi connectivity index (χ0n) is 11.4. The zero-order valence-corrected chi connectivity index (χ0v) is 12.2. The van der Waals surface area contributed by atoms with E-state index in [1.807, 2.05) is 0 Å². The fourth-order valence-electron chi connectivity index (χ4n) is 1.94. The number of aliphatic hydroxyl groups excluding tert-OH is 1. The van der Waals surface area contributed by atoms with E-state index in [-0.39, 0.29) is 6.61 Å². The summed E-state index contributed by atoms with van der Waals surface area (Å²) in [7, 11) is -3.96. The van der Waals surface area contributed by atoms with E-state index in [0.717, 1.165) is 12.1 Å². The van der Waals surface area contributed by atoms with Gasteiger partial charge in [0, 0.05) is 25.0 Å². The van der Waals surface area contributed by atoms with E-state index < -0.39 is 26.8 Å². The fraction of sp³-hybridized carbons (Fsp3) is 0.308. The third kappa shape index (κ3) is 3.87. The number of hydrogen-bond acceptors (Lipinski definition) is 4. The lowest BCUT2D eigenvalue weighted by Gasteiger charge is -2.15. The molecule has 8 heteroatoms. The lowest BCUT2D eigenvalue weighted by molar-refractivity contribution is 0.281. The minimum absolute atomic E-state index is 0.318. The Labute approximate surface area is 122 Å². The molecule has 0 bridgehead atoms. The van der Waals surface area contributed by atoms with Gasteiger partial charge in [-0.05, 0) is 24.6 Å². The number of sulfonamides is 1. The number of imidazole rings is 1. The Kier molecular flexibility index (Phi) is 4.71. The highest BCUT2D eigenvalue weighted by atomic mass is 32.2. The third-order valence-electron chi connectivity index (χ3n) is 2.87. The summed E-state index contributed by atoms with van der Waals surface area (Å²) in [5, 5.41) is 8.90. The van der Waals surface area contributed by atoms with Crippen LogP contribution in [0.2, 0.25) is 0 Å². The molecule has 0 fully saturated rings. The monoisotopic (exact) mass is 313 g/mol. The van der Waals surface area contributed by atoms with Crippen molar-refractivity contribution >= 4 is 10.0 Å². The van der Waals surface area contributed by atoms with Crippen LogP contribution < -0.4 is 4.72 Å². The Morgan fingerprint density at radius 1 is 1.48 bits per heavy atom. The number of benzene rings is 1. The number of aromatic nitrogens is 2. The van der Waals surface area contributed by atoms with Gasteiger partial charge in [-0.2, -0.15) is 0 Å². The summed E-state index contributed by atoms with van der Waals surface area (Å²) in [5.74, 6) is -0.885. The zero-order chi connectivity index (χ0) is 15.5. The van der Waals surface area contributed by atoms with Gasteiger partial charge >= 0.3 is 0 Å².